The summed E-state index contributed by atoms with van der Waals surface area (Å²) in [4.78, 5) is 14.1. The summed E-state index contributed by atoms with van der Waals surface area (Å²) in [5, 5.41) is 5.48. The number of ether oxygens (including phenoxy) is 1. The van der Waals surface area contributed by atoms with Crippen LogP contribution in [-0.4, -0.2) is 23.8 Å². The Bertz CT molecular complexity index is 2250. The number of hydrogen-bond acceptors (Lipinski definition) is 4. The Morgan fingerprint density at radius 3 is 2.08 bits per heavy atom. The molecule has 0 aliphatic carbocycles. The summed E-state index contributed by atoms with van der Waals surface area (Å²) >= 11 is 0. The zero-order valence-corrected chi connectivity index (χ0v) is 21.9. The van der Waals surface area contributed by atoms with Gasteiger partial charge in [0, 0.05) is 52.5 Å². The lowest BCUT2D eigenvalue weighted by Crippen LogP contribution is -2.13. The van der Waals surface area contributed by atoms with Crippen molar-refractivity contribution in [2.45, 2.75) is 26.2 Å². The molecule has 0 saturated carbocycles. The molecule has 0 spiro atoms. The largest absolute Gasteiger partial charge is 0.457 e. The highest BCUT2D eigenvalue weighted by atomic mass is 16.5. The highest BCUT2D eigenvalue weighted by molar-refractivity contribution is 6.13. The van der Waals surface area contributed by atoms with Crippen LogP contribution in [0.25, 0.3) is 54.8 Å². The predicted molar refractivity (Wildman–Crippen MR) is 157 cm³/mol. The number of aromatic nitrogens is 5. The molecular formula is C33H25N5O. The van der Waals surface area contributed by atoms with Crippen molar-refractivity contribution in [1.29, 1.82) is 0 Å². The lowest BCUT2D eigenvalue weighted by atomic mass is 9.85. The molecule has 188 valence electrons. The van der Waals surface area contributed by atoms with E-state index >= 15 is 0 Å². The van der Waals surface area contributed by atoms with Crippen LogP contribution in [0, 0.1) is 0 Å². The van der Waals surface area contributed by atoms with Crippen molar-refractivity contribution in [2.24, 2.45) is 0 Å². The minimum Gasteiger partial charge on any atom is -0.457 e. The second kappa shape index (κ2) is 7.77. The monoisotopic (exact) mass is 507 g/mol. The molecule has 6 heteroatoms. The van der Waals surface area contributed by atoms with Crippen molar-refractivity contribution in [2.75, 3.05) is 0 Å². The van der Waals surface area contributed by atoms with Crippen LogP contribution < -0.4 is 4.74 Å². The van der Waals surface area contributed by atoms with E-state index in [1.165, 1.54) is 16.5 Å². The molecule has 0 atom stereocenters. The van der Waals surface area contributed by atoms with Crippen LogP contribution >= 0.6 is 0 Å². The van der Waals surface area contributed by atoms with E-state index in [2.05, 4.69) is 94.3 Å². The summed E-state index contributed by atoms with van der Waals surface area (Å²) in [6.07, 6.45) is 9.55. The third kappa shape index (κ3) is 3.18. The summed E-state index contributed by atoms with van der Waals surface area (Å²) < 4.78 is 10.7. The molecule has 0 unspecified atom stereocenters. The quantitative estimate of drug-likeness (QED) is 0.222. The Hall–Kier alpha value is -4.97. The maximum atomic E-state index is 6.45. The smallest absolute Gasteiger partial charge is 0.145 e. The molecule has 0 aliphatic heterocycles. The molecule has 5 aromatic heterocycles. The molecule has 8 aromatic rings. The van der Waals surface area contributed by atoms with Crippen molar-refractivity contribution in [3.8, 4) is 11.5 Å². The van der Waals surface area contributed by atoms with E-state index in [1.807, 2.05) is 43.0 Å². The topological polar surface area (TPSA) is 56.7 Å². The number of benzene rings is 3. The third-order valence-corrected chi connectivity index (χ3v) is 7.66. The van der Waals surface area contributed by atoms with Crippen LogP contribution in [-0.2, 0) is 5.41 Å². The second-order valence-corrected chi connectivity index (χ2v) is 11.1. The first-order chi connectivity index (χ1) is 19.0. The summed E-state index contributed by atoms with van der Waals surface area (Å²) in [6, 6.07) is 23.0. The summed E-state index contributed by atoms with van der Waals surface area (Å²) in [6.45, 7) is 6.77. The van der Waals surface area contributed by atoms with Gasteiger partial charge in [0.1, 0.15) is 22.8 Å². The van der Waals surface area contributed by atoms with Crippen LogP contribution in [0.3, 0.4) is 0 Å². The van der Waals surface area contributed by atoms with Gasteiger partial charge in [0.05, 0.1) is 16.6 Å². The number of hydrogen-bond donors (Lipinski definition) is 0. The van der Waals surface area contributed by atoms with Gasteiger partial charge in [-0.2, -0.15) is 0 Å². The molecule has 5 heterocycles. The zero-order valence-electron chi connectivity index (χ0n) is 21.9. The van der Waals surface area contributed by atoms with Gasteiger partial charge in [0.25, 0.3) is 0 Å². The molecule has 0 N–H and O–H groups in total. The average molecular weight is 508 g/mol. The highest BCUT2D eigenvalue weighted by Gasteiger charge is 2.21. The summed E-state index contributed by atoms with van der Waals surface area (Å²) in [5.74, 6) is 1.51. The van der Waals surface area contributed by atoms with Crippen molar-refractivity contribution in [3.05, 3.63) is 103 Å². The van der Waals surface area contributed by atoms with E-state index in [0.29, 0.717) is 0 Å². The lowest BCUT2D eigenvalue weighted by Gasteiger charge is -2.23. The Labute approximate surface area is 224 Å². The molecule has 0 saturated heterocycles. The average Bonchev–Trinajstić information content (AvgIpc) is 3.63. The van der Waals surface area contributed by atoms with Crippen molar-refractivity contribution >= 4 is 54.8 Å². The lowest BCUT2D eigenvalue weighted by molar-refractivity contribution is 0.484. The molecule has 0 fully saturated rings. The Balaban J connectivity index is 1.31. The minimum absolute atomic E-state index is 0.00460. The molecule has 8 rings (SSSR count). The van der Waals surface area contributed by atoms with Gasteiger partial charge in [0.2, 0.25) is 0 Å². The zero-order chi connectivity index (χ0) is 26.3. The summed E-state index contributed by atoms with van der Waals surface area (Å²) in [5.41, 5.74) is 6.30. The predicted octanol–water partition coefficient (Wildman–Crippen LogP) is 8.08. The number of imidazole rings is 2. The van der Waals surface area contributed by atoms with Gasteiger partial charge in [-0.15, -0.1) is 0 Å². The van der Waals surface area contributed by atoms with Crippen LogP contribution in [0.5, 0.6) is 11.5 Å². The number of fused-ring (bicyclic) bond motifs is 12. The fraction of sp³-hybridized carbons (Fsp3) is 0.121. The van der Waals surface area contributed by atoms with Gasteiger partial charge in [0.15, 0.2) is 0 Å². The van der Waals surface area contributed by atoms with Gasteiger partial charge in [-0.25, -0.2) is 9.97 Å². The van der Waals surface area contributed by atoms with Gasteiger partial charge >= 0.3 is 0 Å². The Morgan fingerprint density at radius 1 is 0.615 bits per heavy atom. The number of rotatable bonds is 2. The molecule has 39 heavy (non-hydrogen) atoms. The van der Waals surface area contributed by atoms with Gasteiger partial charge in [-0.3, -0.25) is 13.8 Å². The van der Waals surface area contributed by atoms with Gasteiger partial charge in [-0.1, -0.05) is 39.0 Å². The molecular weight excluding hydrogens is 482 g/mol. The van der Waals surface area contributed by atoms with Gasteiger partial charge < -0.3 is 4.74 Å². The first-order valence-corrected chi connectivity index (χ1v) is 13.1. The number of nitrogens with zero attached hydrogens (tertiary/aromatic N) is 5. The molecule has 0 bridgehead atoms. The molecule has 3 aromatic carbocycles. The van der Waals surface area contributed by atoms with Crippen LogP contribution in [0.15, 0.2) is 97.7 Å². The molecule has 0 aliphatic rings. The minimum atomic E-state index is 0.00460. The number of pyridine rings is 3. The Kier molecular flexibility index (Phi) is 4.39. The maximum absolute atomic E-state index is 6.45. The van der Waals surface area contributed by atoms with E-state index in [4.69, 9.17) is 9.72 Å². The highest BCUT2D eigenvalue weighted by Crippen LogP contribution is 2.38. The van der Waals surface area contributed by atoms with Crippen molar-refractivity contribution in [3.63, 3.8) is 0 Å². The van der Waals surface area contributed by atoms with Crippen molar-refractivity contribution in [1.82, 2.24) is 23.8 Å². The standard InChI is InChI=1S/C33H25N5O/c1-33(2,3)27-7-4-6-24-22-11-9-20(18-25(22)32-36-15-17-38(32)30(24)27)39-21-10-12-23-26(19-21)31-35-14-16-37(31)28-8-5-13-34-29(23)28/h4-19H,1-3H3. The Morgan fingerprint density at radius 2 is 1.31 bits per heavy atom. The third-order valence-electron chi connectivity index (χ3n) is 7.66. The van der Waals surface area contributed by atoms with Crippen LogP contribution in [0.2, 0.25) is 0 Å². The van der Waals surface area contributed by atoms with Gasteiger partial charge in [-0.05, 0) is 64.9 Å². The molecule has 0 radical (unpaired) electrons. The normalized spacial score (nSPS) is 12.5. The van der Waals surface area contributed by atoms with Crippen molar-refractivity contribution < 1.29 is 4.74 Å². The fourth-order valence-corrected chi connectivity index (χ4v) is 5.93. The van der Waals surface area contributed by atoms with E-state index in [9.17, 15) is 0 Å². The molecule has 0 amide bonds. The van der Waals surface area contributed by atoms with E-state index in [-0.39, 0.29) is 5.41 Å². The van der Waals surface area contributed by atoms with E-state index in [1.54, 1.807) is 0 Å². The number of para-hydroxylation sites is 1. The first-order valence-electron chi connectivity index (χ1n) is 13.1. The summed E-state index contributed by atoms with van der Waals surface area (Å²) in [7, 11) is 0. The second-order valence-electron chi connectivity index (χ2n) is 11.1. The van der Waals surface area contributed by atoms with E-state index < -0.39 is 0 Å². The van der Waals surface area contributed by atoms with Crippen LogP contribution in [0.4, 0.5) is 0 Å². The molecule has 6 nitrogen and oxygen atoms in total. The fourth-order valence-electron chi connectivity index (χ4n) is 5.93. The van der Waals surface area contributed by atoms with Crippen LogP contribution in [0.1, 0.15) is 26.3 Å². The van der Waals surface area contributed by atoms with E-state index in [0.717, 1.165) is 55.4 Å². The SMILES string of the molecule is CC(C)(C)c1cccc2c3ccc(Oc4ccc5c(c4)c4nccn4c4cccnc54)cc3c3nccn3c12. The first kappa shape index (κ1) is 22.1. The maximum Gasteiger partial charge on any atom is 0.145 e.